The summed E-state index contributed by atoms with van der Waals surface area (Å²) in [7, 11) is 0. The number of benzene rings is 2. The van der Waals surface area contributed by atoms with Crippen molar-refractivity contribution in [3.8, 4) is 0 Å². The Morgan fingerprint density at radius 1 is 1.16 bits per heavy atom. The summed E-state index contributed by atoms with van der Waals surface area (Å²) in [6.45, 7) is 0.706. The molecule has 1 unspecified atom stereocenters. The first-order valence-corrected chi connectivity index (χ1v) is 7.15. The molecular weight excluding hydrogens is 302 g/mol. The molecule has 0 fully saturated rings. The van der Waals surface area contributed by atoms with Crippen molar-refractivity contribution >= 4 is 21.8 Å². The summed E-state index contributed by atoms with van der Waals surface area (Å²) in [5, 5.41) is 2.97. The van der Waals surface area contributed by atoms with E-state index in [4.69, 9.17) is 0 Å². The molecular formula is C16H14BrNO. The van der Waals surface area contributed by atoms with Crippen LogP contribution in [0.3, 0.4) is 0 Å². The molecule has 2 aromatic rings. The Hall–Kier alpha value is -1.61. The largest absolute Gasteiger partial charge is 0.351 e. The molecule has 0 saturated carbocycles. The monoisotopic (exact) mass is 315 g/mol. The van der Waals surface area contributed by atoms with Gasteiger partial charge in [-0.1, -0.05) is 46.3 Å². The quantitative estimate of drug-likeness (QED) is 0.902. The van der Waals surface area contributed by atoms with E-state index in [1.54, 1.807) is 0 Å². The fraction of sp³-hybridized carbons (Fsp3) is 0.188. The molecule has 1 aliphatic rings. The number of rotatable bonds is 2. The van der Waals surface area contributed by atoms with Gasteiger partial charge in [-0.05, 0) is 35.7 Å². The molecule has 1 aliphatic heterocycles. The van der Waals surface area contributed by atoms with Gasteiger partial charge in [0.2, 0.25) is 0 Å². The summed E-state index contributed by atoms with van der Waals surface area (Å²) in [5.74, 6) is 0.374. The van der Waals surface area contributed by atoms with Gasteiger partial charge in [-0.25, -0.2) is 0 Å². The molecule has 1 N–H and O–H groups in total. The topological polar surface area (TPSA) is 29.1 Å². The highest BCUT2D eigenvalue weighted by atomic mass is 79.9. The Labute approximate surface area is 121 Å². The second-order valence-corrected chi connectivity index (χ2v) is 5.74. The predicted octanol–water partition coefficient (Wildman–Crippen LogP) is 3.52. The van der Waals surface area contributed by atoms with E-state index in [2.05, 4.69) is 51.6 Å². The summed E-state index contributed by atoms with van der Waals surface area (Å²) in [6.07, 6.45) is 0.949. The number of fused-ring (bicyclic) bond motifs is 1. The van der Waals surface area contributed by atoms with Crippen molar-refractivity contribution in [2.75, 3.05) is 6.54 Å². The van der Waals surface area contributed by atoms with E-state index < -0.39 is 0 Å². The van der Waals surface area contributed by atoms with E-state index in [0.29, 0.717) is 12.5 Å². The highest BCUT2D eigenvalue weighted by molar-refractivity contribution is 9.10. The van der Waals surface area contributed by atoms with Crippen molar-refractivity contribution in [1.82, 2.24) is 5.32 Å². The molecule has 0 saturated heterocycles. The molecule has 3 rings (SSSR count). The zero-order valence-corrected chi connectivity index (χ0v) is 12.0. The standard InChI is InChI=1S/C16H14BrNO/c17-13-6-7-14-15(9-13)12(10-18-16(14)19)8-11-4-2-1-3-5-11/h1-7,9,12H,8,10H2,(H,18,19). The maximum Gasteiger partial charge on any atom is 0.251 e. The number of carbonyl (C=O) groups is 1. The van der Waals surface area contributed by atoms with Crippen LogP contribution in [-0.2, 0) is 6.42 Å². The SMILES string of the molecule is O=C1NCC(Cc2ccccc2)c2cc(Br)ccc21. The molecule has 1 amide bonds. The Bertz CT molecular complexity index is 609. The molecule has 1 heterocycles. The van der Waals surface area contributed by atoms with E-state index in [-0.39, 0.29) is 5.91 Å². The Kier molecular flexibility index (Phi) is 3.38. The maximum absolute atomic E-state index is 11.9. The molecule has 1 atom stereocenters. The number of halogens is 1. The average molecular weight is 316 g/mol. The van der Waals surface area contributed by atoms with Crippen LogP contribution in [0.2, 0.25) is 0 Å². The summed E-state index contributed by atoms with van der Waals surface area (Å²) in [6, 6.07) is 16.3. The van der Waals surface area contributed by atoms with Gasteiger partial charge in [-0.3, -0.25) is 4.79 Å². The number of carbonyl (C=O) groups excluding carboxylic acids is 1. The van der Waals surface area contributed by atoms with E-state index >= 15 is 0 Å². The lowest BCUT2D eigenvalue weighted by Crippen LogP contribution is -2.35. The van der Waals surface area contributed by atoms with Gasteiger partial charge in [0, 0.05) is 22.5 Å². The van der Waals surface area contributed by atoms with Crippen molar-refractivity contribution in [3.63, 3.8) is 0 Å². The molecule has 0 aliphatic carbocycles. The van der Waals surface area contributed by atoms with Gasteiger partial charge in [-0.2, -0.15) is 0 Å². The van der Waals surface area contributed by atoms with Gasteiger partial charge in [0.25, 0.3) is 5.91 Å². The van der Waals surface area contributed by atoms with Crippen molar-refractivity contribution in [2.45, 2.75) is 12.3 Å². The van der Waals surface area contributed by atoms with Crippen LogP contribution in [-0.4, -0.2) is 12.5 Å². The van der Waals surface area contributed by atoms with Crippen LogP contribution in [0.15, 0.2) is 53.0 Å². The molecule has 0 spiro atoms. The molecule has 3 heteroatoms. The highest BCUT2D eigenvalue weighted by Gasteiger charge is 2.25. The van der Waals surface area contributed by atoms with Crippen LogP contribution in [0, 0.1) is 0 Å². The second-order valence-electron chi connectivity index (χ2n) is 4.83. The smallest absolute Gasteiger partial charge is 0.251 e. The van der Waals surface area contributed by atoms with E-state index in [1.165, 1.54) is 5.56 Å². The molecule has 19 heavy (non-hydrogen) atoms. The van der Waals surface area contributed by atoms with Crippen LogP contribution >= 0.6 is 15.9 Å². The molecule has 2 aromatic carbocycles. The van der Waals surface area contributed by atoms with Crippen LogP contribution in [0.25, 0.3) is 0 Å². The van der Waals surface area contributed by atoms with E-state index in [9.17, 15) is 4.79 Å². The summed E-state index contributed by atoms with van der Waals surface area (Å²) < 4.78 is 1.03. The van der Waals surface area contributed by atoms with Crippen LogP contribution in [0.5, 0.6) is 0 Å². The predicted molar refractivity (Wildman–Crippen MR) is 79.4 cm³/mol. The van der Waals surface area contributed by atoms with Crippen LogP contribution in [0.4, 0.5) is 0 Å². The van der Waals surface area contributed by atoms with Crippen molar-refractivity contribution in [3.05, 3.63) is 69.7 Å². The minimum Gasteiger partial charge on any atom is -0.351 e. The van der Waals surface area contributed by atoms with Gasteiger partial charge < -0.3 is 5.32 Å². The minimum atomic E-state index is 0.0341. The normalized spacial score (nSPS) is 17.7. The zero-order valence-electron chi connectivity index (χ0n) is 10.4. The molecule has 0 radical (unpaired) electrons. The summed E-state index contributed by atoms with van der Waals surface area (Å²) in [4.78, 5) is 11.9. The average Bonchev–Trinajstić information content (AvgIpc) is 2.43. The fourth-order valence-corrected chi connectivity index (χ4v) is 2.96. The fourth-order valence-electron chi connectivity index (χ4n) is 2.58. The third-order valence-electron chi connectivity index (χ3n) is 3.53. The lowest BCUT2D eigenvalue weighted by Gasteiger charge is -2.26. The third kappa shape index (κ3) is 2.56. The van der Waals surface area contributed by atoms with Crippen LogP contribution < -0.4 is 5.32 Å². The zero-order chi connectivity index (χ0) is 13.2. The summed E-state index contributed by atoms with van der Waals surface area (Å²) in [5.41, 5.74) is 3.24. The number of amides is 1. The molecule has 2 nitrogen and oxygen atoms in total. The first kappa shape index (κ1) is 12.4. The summed E-state index contributed by atoms with van der Waals surface area (Å²) >= 11 is 3.49. The van der Waals surface area contributed by atoms with Gasteiger partial charge in [-0.15, -0.1) is 0 Å². The minimum absolute atomic E-state index is 0.0341. The maximum atomic E-state index is 11.9. The van der Waals surface area contributed by atoms with Crippen molar-refractivity contribution < 1.29 is 4.79 Å². The van der Waals surface area contributed by atoms with E-state index in [0.717, 1.165) is 22.0 Å². The van der Waals surface area contributed by atoms with Crippen molar-refractivity contribution in [1.29, 1.82) is 0 Å². The lowest BCUT2D eigenvalue weighted by molar-refractivity contribution is 0.0940. The highest BCUT2D eigenvalue weighted by Crippen LogP contribution is 2.29. The van der Waals surface area contributed by atoms with E-state index in [1.807, 2.05) is 18.2 Å². The van der Waals surface area contributed by atoms with Gasteiger partial charge in [0.1, 0.15) is 0 Å². The van der Waals surface area contributed by atoms with Crippen LogP contribution in [0.1, 0.15) is 27.4 Å². The lowest BCUT2D eigenvalue weighted by atomic mass is 9.86. The number of hydrogen-bond donors (Lipinski definition) is 1. The Morgan fingerprint density at radius 3 is 2.74 bits per heavy atom. The van der Waals surface area contributed by atoms with Crippen molar-refractivity contribution in [2.24, 2.45) is 0 Å². The third-order valence-corrected chi connectivity index (χ3v) is 4.03. The molecule has 96 valence electrons. The number of hydrogen-bond acceptors (Lipinski definition) is 1. The number of nitrogens with one attached hydrogen (secondary N) is 1. The Balaban J connectivity index is 1.95. The van der Waals surface area contributed by atoms with Gasteiger partial charge >= 0.3 is 0 Å². The van der Waals surface area contributed by atoms with Gasteiger partial charge in [0.05, 0.1) is 0 Å². The Morgan fingerprint density at radius 2 is 1.95 bits per heavy atom. The molecule has 0 bridgehead atoms. The van der Waals surface area contributed by atoms with Gasteiger partial charge in [0.15, 0.2) is 0 Å². The first-order valence-electron chi connectivity index (χ1n) is 6.35. The first-order chi connectivity index (χ1) is 9.24. The molecule has 0 aromatic heterocycles. The second kappa shape index (κ2) is 5.17.